The van der Waals surface area contributed by atoms with Gasteiger partial charge in [0.25, 0.3) is 5.91 Å². The molecule has 0 spiro atoms. The second kappa shape index (κ2) is 6.15. The van der Waals surface area contributed by atoms with E-state index < -0.39 is 11.8 Å². The number of phenolic OH excluding ortho intramolecular Hbond substituents is 1. The first-order valence-electron chi connectivity index (χ1n) is 12.1. The van der Waals surface area contributed by atoms with Crippen LogP contribution in [0.5, 0.6) is 5.75 Å². The highest BCUT2D eigenvalue weighted by Crippen LogP contribution is 2.53. The maximum Gasteiger partial charge on any atom is 0.252 e. The number of quaternary nitrogens is 1. The van der Waals surface area contributed by atoms with Crippen molar-refractivity contribution in [3.63, 3.8) is 0 Å². The minimum atomic E-state index is -1.01. The number of carbonyl (C=O) groups is 1. The number of nitrogens with zero attached hydrogens (tertiary/aromatic N) is 2. The molecule has 0 saturated carbocycles. The van der Waals surface area contributed by atoms with Gasteiger partial charge in [-0.25, -0.2) is 0 Å². The van der Waals surface area contributed by atoms with Gasteiger partial charge in [-0.3, -0.25) is 4.79 Å². The Morgan fingerprint density at radius 1 is 1.11 bits per heavy atom. The minimum absolute atomic E-state index is 0.0796. The molecule has 1 saturated heterocycles. The number of hydrogen-bond donors (Lipinski definition) is 4. The van der Waals surface area contributed by atoms with Crippen molar-refractivity contribution in [2.24, 2.45) is 0 Å². The number of fused-ring (bicyclic) bond motifs is 13. The molecule has 2 aromatic heterocycles. The van der Waals surface area contributed by atoms with Crippen LogP contribution in [0.25, 0.3) is 43.6 Å². The van der Waals surface area contributed by atoms with Crippen molar-refractivity contribution < 1.29 is 25.1 Å². The summed E-state index contributed by atoms with van der Waals surface area (Å²) in [5.74, 6) is 0.0614. The number of aliphatic hydroxyl groups excluding tert-OH is 1. The predicted octanol–water partition coefficient (Wildman–Crippen LogP) is 2.38. The topological polar surface area (TPSA) is 105 Å². The first kappa shape index (κ1) is 19.7. The number of nitrogens with one attached hydrogen (secondary N) is 1. The molecule has 5 heterocycles. The molecule has 5 N–H and O–H groups in total. The number of aromatic nitrogens is 2. The third-order valence-electron chi connectivity index (χ3n) is 8.55. The molecule has 4 atom stereocenters. The van der Waals surface area contributed by atoms with Gasteiger partial charge in [0.15, 0.2) is 11.8 Å². The summed E-state index contributed by atoms with van der Waals surface area (Å²) >= 11 is 0. The van der Waals surface area contributed by atoms with Gasteiger partial charge < -0.3 is 34.7 Å². The molecule has 0 aliphatic carbocycles. The van der Waals surface area contributed by atoms with Gasteiger partial charge in [0.05, 0.1) is 34.7 Å². The summed E-state index contributed by atoms with van der Waals surface area (Å²) in [6.45, 7) is 2.42. The highest BCUT2D eigenvalue weighted by Gasteiger charge is 2.53. The summed E-state index contributed by atoms with van der Waals surface area (Å²) in [5.41, 5.74) is 4.38. The number of aromatic hydroxyl groups is 1. The molecule has 35 heavy (non-hydrogen) atoms. The summed E-state index contributed by atoms with van der Waals surface area (Å²) in [6, 6.07) is 13.4. The molecule has 3 aromatic carbocycles. The number of aliphatic hydroxyl groups is 1. The van der Waals surface area contributed by atoms with E-state index in [0.29, 0.717) is 18.5 Å². The lowest BCUT2D eigenvalue weighted by Gasteiger charge is -2.45. The number of carbonyl (C=O) groups excluding carboxylic acids is 1. The van der Waals surface area contributed by atoms with Crippen LogP contribution in [-0.2, 0) is 17.0 Å². The SMILES string of the molecule is C[NH2+][C@@H]1C[C@H]2O[C@@](C)([C@@H]1O)n1c3ccccc3c3c4c(c5c6cc(O)ccc6n2c5c31)C(=O)NC4. The van der Waals surface area contributed by atoms with Gasteiger partial charge in [-0.15, -0.1) is 0 Å². The van der Waals surface area contributed by atoms with E-state index in [4.69, 9.17) is 4.74 Å². The number of benzene rings is 3. The molecule has 1 fully saturated rings. The number of para-hydroxylation sites is 1. The maximum absolute atomic E-state index is 13.3. The summed E-state index contributed by atoms with van der Waals surface area (Å²) in [6.07, 6.45) is -0.482. The van der Waals surface area contributed by atoms with Crippen molar-refractivity contribution in [1.29, 1.82) is 0 Å². The number of amides is 1. The lowest BCUT2D eigenvalue weighted by Crippen LogP contribution is -2.91. The van der Waals surface area contributed by atoms with E-state index >= 15 is 0 Å². The molecule has 5 aromatic rings. The fraction of sp³-hybridized carbons (Fsp3) is 0.296. The normalized spacial score (nSPS) is 27.3. The largest absolute Gasteiger partial charge is 0.508 e. The molecule has 8 heteroatoms. The molecule has 0 radical (unpaired) electrons. The molecule has 176 valence electrons. The summed E-state index contributed by atoms with van der Waals surface area (Å²) < 4.78 is 11.2. The predicted molar refractivity (Wildman–Crippen MR) is 131 cm³/mol. The van der Waals surface area contributed by atoms with Crippen molar-refractivity contribution >= 4 is 49.5 Å². The second-order valence-electron chi connectivity index (χ2n) is 10.2. The summed E-state index contributed by atoms with van der Waals surface area (Å²) in [7, 11) is 1.99. The molecular weight excluding hydrogens is 444 g/mol. The number of nitrogens with two attached hydrogens (primary N) is 1. The zero-order chi connectivity index (χ0) is 23.8. The summed E-state index contributed by atoms with van der Waals surface area (Å²) in [5, 5.41) is 30.9. The average Bonchev–Trinajstić information content (AvgIpc) is 3.48. The molecule has 0 unspecified atom stereocenters. The second-order valence-corrected chi connectivity index (χ2v) is 10.2. The van der Waals surface area contributed by atoms with Gasteiger partial charge in [-0.1, -0.05) is 18.2 Å². The van der Waals surface area contributed by atoms with E-state index in [2.05, 4.69) is 31.9 Å². The number of ether oxygens (including phenoxy) is 1. The molecular formula is C27H25N4O4+. The first-order chi connectivity index (χ1) is 16.9. The van der Waals surface area contributed by atoms with Crippen LogP contribution in [-0.4, -0.2) is 44.4 Å². The van der Waals surface area contributed by atoms with E-state index in [1.165, 1.54) is 0 Å². The Morgan fingerprint density at radius 3 is 2.77 bits per heavy atom. The van der Waals surface area contributed by atoms with Crippen LogP contribution in [0.1, 0.15) is 35.5 Å². The Hall–Kier alpha value is -3.59. The van der Waals surface area contributed by atoms with Crippen LogP contribution in [0.4, 0.5) is 0 Å². The van der Waals surface area contributed by atoms with Crippen LogP contribution < -0.4 is 10.6 Å². The Labute approximate surface area is 199 Å². The number of rotatable bonds is 1. The lowest BCUT2D eigenvalue weighted by atomic mass is 9.93. The first-order valence-corrected chi connectivity index (χ1v) is 12.1. The van der Waals surface area contributed by atoms with Crippen LogP contribution in [0.15, 0.2) is 42.5 Å². The number of phenols is 1. The highest BCUT2D eigenvalue weighted by molar-refractivity contribution is 6.31. The molecule has 3 aliphatic rings. The third-order valence-corrected chi connectivity index (χ3v) is 8.55. The van der Waals surface area contributed by atoms with E-state index in [1.54, 1.807) is 12.1 Å². The molecule has 1 amide bonds. The third kappa shape index (κ3) is 2.09. The van der Waals surface area contributed by atoms with E-state index in [0.717, 1.165) is 49.2 Å². The van der Waals surface area contributed by atoms with Gasteiger partial charge in [0, 0.05) is 34.5 Å². The van der Waals surface area contributed by atoms with E-state index in [-0.39, 0.29) is 23.9 Å². The van der Waals surface area contributed by atoms with Gasteiger partial charge in [-0.05, 0) is 36.8 Å². The van der Waals surface area contributed by atoms with Gasteiger partial charge in [0.1, 0.15) is 18.0 Å². The number of hydrogen-bond acceptors (Lipinski definition) is 4. The summed E-state index contributed by atoms with van der Waals surface area (Å²) in [4.78, 5) is 13.3. The van der Waals surface area contributed by atoms with Crippen molar-refractivity contribution in [2.75, 3.05) is 7.05 Å². The van der Waals surface area contributed by atoms with Crippen molar-refractivity contribution in [1.82, 2.24) is 14.5 Å². The Bertz CT molecular complexity index is 1780. The zero-order valence-electron chi connectivity index (χ0n) is 19.4. The monoisotopic (exact) mass is 469 g/mol. The molecule has 8 nitrogen and oxygen atoms in total. The Morgan fingerprint density at radius 2 is 1.94 bits per heavy atom. The standard InChI is InChI=1S/C27H24N4O4/c1-27-25(33)16(28-2)10-19(35-27)30-17-8-7-12(32)9-14(17)21-22-15(11-29-26(22)34)20-13-5-3-4-6-18(13)31(27)24(20)23(21)30/h3-9,16,19,25,28,32-33H,10-11H2,1-2H3,(H,29,34)/p+1/t16-,19-,25-,27+/m1/s1. The number of likely N-dealkylation sites (N-methyl/N-ethyl adjacent to an activating group) is 1. The van der Waals surface area contributed by atoms with Gasteiger partial charge in [-0.2, -0.15) is 0 Å². The maximum atomic E-state index is 13.3. The van der Waals surface area contributed by atoms with Crippen molar-refractivity contribution in [3.8, 4) is 5.75 Å². The zero-order valence-corrected chi connectivity index (χ0v) is 19.4. The van der Waals surface area contributed by atoms with Gasteiger partial charge >= 0.3 is 0 Å². The van der Waals surface area contributed by atoms with E-state index in [1.807, 2.05) is 32.2 Å². The Kier molecular flexibility index (Phi) is 3.46. The van der Waals surface area contributed by atoms with Gasteiger partial charge in [0.2, 0.25) is 0 Å². The van der Waals surface area contributed by atoms with Crippen molar-refractivity contribution in [2.45, 2.75) is 44.0 Å². The van der Waals surface area contributed by atoms with Crippen LogP contribution in [0.3, 0.4) is 0 Å². The quantitative estimate of drug-likeness (QED) is 0.303. The van der Waals surface area contributed by atoms with Crippen LogP contribution in [0.2, 0.25) is 0 Å². The molecule has 2 bridgehead atoms. The van der Waals surface area contributed by atoms with Crippen LogP contribution in [0, 0.1) is 0 Å². The minimum Gasteiger partial charge on any atom is -0.508 e. The average molecular weight is 470 g/mol. The molecule has 3 aliphatic heterocycles. The Balaban J connectivity index is 1.74. The lowest BCUT2D eigenvalue weighted by molar-refractivity contribution is -0.683. The molecule has 8 rings (SSSR count). The van der Waals surface area contributed by atoms with Crippen molar-refractivity contribution in [3.05, 3.63) is 53.6 Å². The fourth-order valence-electron chi connectivity index (χ4n) is 7.09. The van der Waals surface area contributed by atoms with E-state index in [9.17, 15) is 15.0 Å². The van der Waals surface area contributed by atoms with Crippen LogP contribution >= 0.6 is 0 Å². The highest BCUT2D eigenvalue weighted by atomic mass is 16.6. The fourth-order valence-corrected chi connectivity index (χ4v) is 7.09. The smallest absolute Gasteiger partial charge is 0.252 e.